The minimum Gasteiger partial charge on any atom is -0.490 e. The van der Waals surface area contributed by atoms with Crippen molar-refractivity contribution >= 4 is 11.3 Å². The van der Waals surface area contributed by atoms with Gasteiger partial charge in [0, 0.05) is 11.8 Å². The number of hydrogen-bond acceptors (Lipinski definition) is 3. The summed E-state index contributed by atoms with van der Waals surface area (Å²) in [5.74, 6) is 6.99. The molecule has 0 radical (unpaired) electrons. The largest absolute Gasteiger partial charge is 0.490 e. The lowest BCUT2D eigenvalue weighted by atomic mass is 10.0. The van der Waals surface area contributed by atoms with E-state index in [0.29, 0.717) is 0 Å². The maximum atomic E-state index is 5.89. The summed E-state index contributed by atoms with van der Waals surface area (Å²) >= 11 is 1.75. The first-order valence-electron chi connectivity index (χ1n) is 9.46. The van der Waals surface area contributed by atoms with E-state index < -0.39 is 0 Å². The molecule has 0 saturated carbocycles. The summed E-state index contributed by atoms with van der Waals surface area (Å²) in [7, 11) is 0. The van der Waals surface area contributed by atoms with Gasteiger partial charge in [-0.2, -0.15) is 0 Å². The lowest BCUT2D eigenvalue weighted by molar-refractivity contribution is 0.242. The Morgan fingerprint density at radius 2 is 2.04 bits per heavy atom. The van der Waals surface area contributed by atoms with Crippen LogP contribution in [0.25, 0.3) is 21.0 Å². The summed E-state index contributed by atoms with van der Waals surface area (Å²) in [6, 6.07) is 12.8. The molecule has 0 unspecified atom stereocenters. The molecule has 0 saturated heterocycles. The van der Waals surface area contributed by atoms with Crippen LogP contribution in [0, 0.1) is 11.8 Å². The maximum absolute atomic E-state index is 5.89. The molecule has 0 atom stereocenters. The fraction of sp³-hybridized carbons (Fsp3) is 0.292. The Kier molecular flexibility index (Phi) is 5.01. The van der Waals surface area contributed by atoms with Crippen molar-refractivity contribution in [3.8, 4) is 38.6 Å². The predicted octanol–water partition coefficient (Wildman–Crippen LogP) is 6.12. The van der Waals surface area contributed by atoms with E-state index in [2.05, 4.69) is 42.2 Å². The molecule has 0 spiro atoms. The molecular weight excluding hydrogens is 350 g/mol. The van der Waals surface area contributed by atoms with E-state index in [1.165, 1.54) is 40.8 Å². The average molecular weight is 374 g/mol. The predicted molar refractivity (Wildman–Crippen MR) is 113 cm³/mol. The van der Waals surface area contributed by atoms with Gasteiger partial charge in [-0.25, -0.2) is 4.98 Å². The molecule has 27 heavy (non-hydrogen) atoms. The van der Waals surface area contributed by atoms with Crippen LogP contribution in [-0.4, -0.2) is 11.1 Å². The highest BCUT2D eigenvalue weighted by Crippen LogP contribution is 2.38. The summed E-state index contributed by atoms with van der Waals surface area (Å²) in [4.78, 5) is 5.95. The van der Waals surface area contributed by atoms with Crippen molar-refractivity contribution in [1.82, 2.24) is 4.98 Å². The second-order valence-corrected chi connectivity index (χ2v) is 8.11. The van der Waals surface area contributed by atoms with E-state index in [0.717, 1.165) is 21.9 Å². The van der Waals surface area contributed by atoms with Gasteiger partial charge in [0.25, 0.3) is 0 Å². The molecule has 2 nitrogen and oxygen atoms in total. The van der Waals surface area contributed by atoms with Crippen LogP contribution in [-0.2, 0) is 12.8 Å². The minimum atomic E-state index is 0.125. The van der Waals surface area contributed by atoms with E-state index in [9.17, 15) is 0 Å². The second kappa shape index (κ2) is 7.58. The molecule has 0 fully saturated rings. The zero-order valence-electron chi connectivity index (χ0n) is 16.0. The Hall–Kier alpha value is -2.57. The molecule has 1 aromatic heterocycles. The highest BCUT2D eigenvalue weighted by molar-refractivity contribution is 7.18. The van der Waals surface area contributed by atoms with Crippen LogP contribution in [0.5, 0.6) is 5.75 Å². The third-order valence-electron chi connectivity index (χ3n) is 4.77. The number of nitrogens with zero attached hydrogens (tertiary/aromatic N) is 1. The fourth-order valence-electron chi connectivity index (χ4n) is 3.63. The summed E-state index contributed by atoms with van der Waals surface area (Å²) < 4.78 is 5.89. The zero-order valence-corrected chi connectivity index (χ0v) is 16.8. The van der Waals surface area contributed by atoms with Crippen LogP contribution in [0.4, 0.5) is 0 Å². The van der Waals surface area contributed by atoms with Crippen molar-refractivity contribution in [1.29, 1.82) is 0 Å². The van der Waals surface area contributed by atoms with Gasteiger partial charge in [-0.15, -0.1) is 17.3 Å². The molecule has 0 aliphatic heterocycles. The number of benzene rings is 2. The third kappa shape index (κ3) is 3.63. The van der Waals surface area contributed by atoms with Crippen LogP contribution < -0.4 is 4.74 Å². The first-order chi connectivity index (χ1) is 13.2. The molecule has 1 aliphatic carbocycles. The molecule has 4 rings (SSSR count). The standard InChI is InChI=1S/C24H23NOS/c1-4-7-18-14-19(12-13-22(18)26-16(2)3)24-25-15-23(27-24)21-11-6-9-17-8-5-10-20(17)21/h6,9,11-16H,5,8,10H2,1-3H3. The Balaban J connectivity index is 1.70. The van der Waals surface area contributed by atoms with E-state index >= 15 is 0 Å². The first kappa shape index (κ1) is 17.8. The van der Waals surface area contributed by atoms with Crippen LogP contribution in [0.1, 0.15) is 43.9 Å². The number of ether oxygens (including phenoxy) is 1. The van der Waals surface area contributed by atoms with Crippen molar-refractivity contribution in [2.24, 2.45) is 0 Å². The van der Waals surface area contributed by atoms with E-state index in [1.54, 1.807) is 11.3 Å². The van der Waals surface area contributed by atoms with Crippen molar-refractivity contribution in [3.63, 3.8) is 0 Å². The minimum absolute atomic E-state index is 0.125. The topological polar surface area (TPSA) is 22.1 Å². The highest BCUT2D eigenvalue weighted by atomic mass is 32.1. The number of hydrogen-bond donors (Lipinski definition) is 0. The van der Waals surface area contributed by atoms with Gasteiger partial charge in [0.05, 0.1) is 16.5 Å². The monoisotopic (exact) mass is 373 g/mol. The number of aromatic nitrogens is 1. The maximum Gasteiger partial charge on any atom is 0.135 e. The van der Waals surface area contributed by atoms with Gasteiger partial charge in [-0.05, 0) is 74.9 Å². The van der Waals surface area contributed by atoms with Gasteiger partial charge in [0.15, 0.2) is 0 Å². The molecular formula is C24H23NOS. The van der Waals surface area contributed by atoms with Gasteiger partial charge < -0.3 is 4.74 Å². The quantitative estimate of drug-likeness (QED) is 0.514. The van der Waals surface area contributed by atoms with Crippen LogP contribution in [0.15, 0.2) is 42.6 Å². The van der Waals surface area contributed by atoms with E-state index in [4.69, 9.17) is 9.72 Å². The molecule has 0 amide bonds. The van der Waals surface area contributed by atoms with Gasteiger partial charge >= 0.3 is 0 Å². The number of thiazole rings is 1. The van der Waals surface area contributed by atoms with Crippen LogP contribution in [0.2, 0.25) is 0 Å². The SMILES string of the molecule is CC#Cc1cc(-c2ncc(-c3cccc4c3CCC4)s2)ccc1OC(C)C. The van der Waals surface area contributed by atoms with E-state index in [-0.39, 0.29) is 6.10 Å². The number of aryl methyl sites for hydroxylation is 1. The van der Waals surface area contributed by atoms with Crippen LogP contribution >= 0.6 is 11.3 Å². The van der Waals surface area contributed by atoms with Gasteiger partial charge in [-0.1, -0.05) is 24.1 Å². The van der Waals surface area contributed by atoms with Crippen LogP contribution in [0.3, 0.4) is 0 Å². The van der Waals surface area contributed by atoms with Gasteiger partial charge in [0.2, 0.25) is 0 Å². The molecule has 2 aromatic carbocycles. The van der Waals surface area contributed by atoms with Gasteiger partial charge in [0.1, 0.15) is 10.8 Å². The lowest BCUT2D eigenvalue weighted by Crippen LogP contribution is -2.06. The molecule has 1 heterocycles. The Morgan fingerprint density at radius 3 is 2.85 bits per heavy atom. The smallest absolute Gasteiger partial charge is 0.135 e. The molecule has 136 valence electrons. The Labute approximate surface area is 165 Å². The Bertz CT molecular complexity index is 1040. The number of rotatable bonds is 4. The van der Waals surface area contributed by atoms with Crippen molar-refractivity contribution in [2.75, 3.05) is 0 Å². The normalized spacial score (nSPS) is 12.6. The molecule has 0 bridgehead atoms. The summed E-state index contributed by atoms with van der Waals surface area (Å²) in [6.45, 7) is 5.91. The molecule has 3 aromatic rings. The van der Waals surface area contributed by atoms with E-state index in [1.807, 2.05) is 33.0 Å². The second-order valence-electron chi connectivity index (χ2n) is 7.08. The Morgan fingerprint density at radius 1 is 1.15 bits per heavy atom. The number of fused-ring (bicyclic) bond motifs is 1. The third-order valence-corrected chi connectivity index (χ3v) is 5.85. The molecule has 3 heteroatoms. The first-order valence-corrected chi connectivity index (χ1v) is 10.3. The van der Waals surface area contributed by atoms with Crippen molar-refractivity contribution < 1.29 is 4.74 Å². The highest BCUT2D eigenvalue weighted by Gasteiger charge is 2.17. The molecule has 1 aliphatic rings. The summed E-state index contributed by atoms with van der Waals surface area (Å²) in [6.07, 6.45) is 5.77. The fourth-order valence-corrected chi connectivity index (χ4v) is 4.60. The summed E-state index contributed by atoms with van der Waals surface area (Å²) in [5, 5.41) is 1.02. The zero-order chi connectivity index (χ0) is 18.8. The van der Waals surface area contributed by atoms with Crippen molar-refractivity contribution in [3.05, 3.63) is 59.3 Å². The molecule has 0 N–H and O–H groups in total. The van der Waals surface area contributed by atoms with Gasteiger partial charge in [-0.3, -0.25) is 0 Å². The lowest BCUT2D eigenvalue weighted by Gasteiger charge is -2.12. The average Bonchev–Trinajstić information content (AvgIpc) is 3.32. The summed E-state index contributed by atoms with van der Waals surface area (Å²) in [5.41, 5.74) is 6.36. The van der Waals surface area contributed by atoms with Crippen molar-refractivity contribution in [2.45, 2.75) is 46.1 Å².